The summed E-state index contributed by atoms with van der Waals surface area (Å²) >= 11 is 0. The lowest BCUT2D eigenvalue weighted by Crippen LogP contribution is -2.28. The molecular weight excluding hydrogens is 214 g/mol. The molecule has 0 bridgehead atoms. The van der Waals surface area contributed by atoms with E-state index in [4.69, 9.17) is 0 Å². The van der Waals surface area contributed by atoms with E-state index in [1.165, 1.54) is 19.3 Å². The summed E-state index contributed by atoms with van der Waals surface area (Å²) in [5.74, 6) is -0.831. The van der Waals surface area contributed by atoms with Gasteiger partial charge < -0.3 is 10.0 Å². The van der Waals surface area contributed by atoms with Gasteiger partial charge in [0.05, 0.1) is 11.3 Å². The molecule has 0 aliphatic carbocycles. The Balaban J connectivity index is 2.21. The first kappa shape index (κ1) is 12.0. The maximum Gasteiger partial charge on any atom is 0.337 e. The van der Waals surface area contributed by atoms with Crippen molar-refractivity contribution in [2.45, 2.75) is 32.1 Å². The van der Waals surface area contributed by atoms with E-state index in [0.29, 0.717) is 5.56 Å². The van der Waals surface area contributed by atoms with Gasteiger partial charge in [0.25, 0.3) is 0 Å². The molecule has 1 fully saturated rings. The molecule has 0 saturated carbocycles. The zero-order chi connectivity index (χ0) is 12.1. The Labute approximate surface area is 102 Å². The quantitative estimate of drug-likeness (QED) is 0.853. The number of carboxylic acid groups (broad SMARTS) is 1. The van der Waals surface area contributed by atoms with Crippen LogP contribution in [0.15, 0.2) is 24.3 Å². The van der Waals surface area contributed by atoms with Gasteiger partial charge in [-0.25, -0.2) is 4.79 Å². The second kappa shape index (κ2) is 5.71. The summed E-state index contributed by atoms with van der Waals surface area (Å²) < 4.78 is 0. The molecule has 1 aromatic rings. The highest BCUT2D eigenvalue weighted by molar-refractivity contribution is 5.94. The molecule has 0 amide bonds. The van der Waals surface area contributed by atoms with Crippen LogP contribution in [0.2, 0.25) is 0 Å². The number of para-hydroxylation sites is 1. The molecular formula is C14H19NO2. The third kappa shape index (κ3) is 2.99. The van der Waals surface area contributed by atoms with E-state index in [1.54, 1.807) is 12.1 Å². The molecule has 1 aliphatic heterocycles. The molecule has 0 radical (unpaired) electrons. The lowest BCUT2D eigenvalue weighted by Gasteiger charge is -2.28. The second-order valence-electron chi connectivity index (χ2n) is 4.58. The average Bonchev–Trinajstić information content (AvgIpc) is 2.28. The number of hydrogen-bond donors (Lipinski definition) is 1. The molecule has 3 nitrogen and oxygen atoms in total. The van der Waals surface area contributed by atoms with Crippen LogP contribution in [-0.4, -0.2) is 24.2 Å². The van der Waals surface area contributed by atoms with Gasteiger partial charge >= 0.3 is 5.97 Å². The van der Waals surface area contributed by atoms with Crippen molar-refractivity contribution in [2.24, 2.45) is 0 Å². The predicted molar refractivity (Wildman–Crippen MR) is 68.7 cm³/mol. The minimum absolute atomic E-state index is 0.424. The van der Waals surface area contributed by atoms with Crippen molar-refractivity contribution < 1.29 is 9.90 Å². The molecule has 0 unspecified atom stereocenters. The Morgan fingerprint density at radius 2 is 1.59 bits per heavy atom. The highest BCUT2D eigenvalue weighted by Crippen LogP contribution is 2.23. The Morgan fingerprint density at radius 1 is 1.00 bits per heavy atom. The molecule has 3 heteroatoms. The molecule has 1 aliphatic rings. The number of carbonyl (C=O) groups is 1. The fraction of sp³-hybridized carbons (Fsp3) is 0.500. The third-order valence-corrected chi connectivity index (χ3v) is 3.33. The van der Waals surface area contributed by atoms with E-state index < -0.39 is 5.97 Å². The Hall–Kier alpha value is -1.51. The van der Waals surface area contributed by atoms with Gasteiger partial charge in [0.1, 0.15) is 0 Å². The summed E-state index contributed by atoms with van der Waals surface area (Å²) in [5, 5.41) is 9.20. The molecule has 1 heterocycles. The van der Waals surface area contributed by atoms with Gasteiger partial charge in [-0.1, -0.05) is 31.4 Å². The topological polar surface area (TPSA) is 40.5 Å². The first-order chi connectivity index (χ1) is 8.29. The van der Waals surface area contributed by atoms with Crippen molar-refractivity contribution in [3.8, 4) is 0 Å². The van der Waals surface area contributed by atoms with Crippen LogP contribution in [-0.2, 0) is 0 Å². The fourth-order valence-corrected chi connectivity index (χ4v) is 2.42. The maximum atomic E-state index is 11.2. The van der Waals surface area contributed by atoms with Gasteiger partial charge in [0.2, 0.25) is 0 Å². The van der Waals surface area contributed by atoms with Crippen molar-refractivity contribution >= 4 is 11.7 Å². The predicted octanol–water partition coefficient (Wildman–Crippen LogP) is 3.16. The van der Waals surface area contributed by atoms with Crippen molar-refractivity contribution in [3.05, 3.63) is 29.8 Å². The van der Waals surface area contributed by atoms with E-state index in [-0.39, 0.29) is 0 Å². The van der Waals surface area contributed by atoms with E-state index in [9.17, 15) is 9.90 Å². The average molecular weight is 233 g/mol. The number of hydrogen-bond acceptors (Lipinski definition) is 2. The van der Waals surface area contributed by atoms with Crippen molar-refractivity contribution in [3.63, 3.8) is 0 Å². The SMILES string of the molecule is O=C(O)c1ccccc1N1CCCCCCC1. The third-order valence-electron chi connectivity index (χ3n) is 3.33. The molecule has 1 aromatic carbocycles. The zero-order valence-corrected chi connectivity index (χ0v) is 10.1. The fourth-order valence-electron chi connectivity index (χ4n) is 2.42. The number of nitrogens with zero attached hydrogens (tertiary/aromatic N) is 1. The van der Waals surface area contributed by atoms with Crippen LogP contribution in [0.3, 0.4) is 0 Å². The van der Waals surface area contributed by atoms with Crippen molar-refractivity contribution in [1.29, 1.82) is 0 Å². The van der Waals surface area contributed by atoms with Crippen LogP contribution in [0.5, 0.6) is 0 Å². The maximum absolute atomic E-state index is 11.2. The lowest BCUT2D eigenvalue weighted by molar-refractivity contribution is 0.0697. The monoisotopic (exact) mass is 233 g/mol. The van der Waals surface area contributed by atoms with Gasteiger partial charge in [-0.2, -0.15) is 0 Å². The van der Waals surface area contributed by atoms with Crippen LogP contribution in [0.25, 0.3) is 0 Å². The van der Waals surface area contributed by atoms with E-state index in [2.05, 4.69) is 4.90 Å². The highest BCUT2D eigenvalue weighted by Gasteiger charge is 2.15. The van der Waals surface area contributed by atoms with Crippen molar-refractivity contribution in [2.75, 3.05) is 18.0 Å². The summed E-state index contributed by atoms with van der Waals surface area (Å²) in [6.07, 6.45) is 6.15. The summed E-state index contributed by atoms with van der Waals surface area (Å²) in [6.45, 7) is 1.95. The standard InChI is InChI=1S/C14H19NO2/c16-14(17)12-8-4-5-9-13(12)15-10-6-2-1-3-7-11-15/h4-5,8-9H,1-3,6-7,10-11H2,(H,16,17). The minimum Gasteiger partial charge on any atom is -0.478 e. The van der Waals surface area contributed by atoms with E-state index in [1.807, 2.05) is 12.1 Å². The molecule has 0 atom stereocenters. The van der Waals surface area contributed by atoms with Crippen LogP contribution >= 0.6 is 0 Å². The number of carboxylic acids is 1. The summed E-state index contributed by atoms with van der Waals surface area (Å²) in [5.41, 5.74) is 1.30. The Morgan fingerprint density at radius 3 is 2.24 bits per heavy atom. The molecule has 1 N–H and O–H groups in total. The summed E-state index contributed by atoms with van der Waals surface area (Å²) in [6, 6.07) is 7.32. The van der Waals surface area contributed by atoms with Crippen molar-refractivity contribution in [1.82, 2.24) is 0 Å². The van der Waals surface area contributed by atoms with Crippen LogP contribution in [0.1, 0.15) is 42.5 Å². The smallest absolute Gasteiger partial charge is 0.337 e. The van der Waals surface area contributed by atoms with Gasteiger partial charge in [-0.05, 0) is 25.0 Å². The Kier molecular flexibility index (Phi) is 4.02. The molecule has 0 spiro atoms. The zero-order valence-electron chi connectivity index (χ0n) is 10.1. The van der Waals surface area contributed by atoms with Gasteiger partial charge in [-0.15, -0.1) is 0 Å². The lowest BCUT2D eigenvalue weighted by atomic mass is 10.1. The van der Waals surface area contributed by atoms with E-state index in [0.717, 1.165) is 31.6 Å². The second-order valence-corrected chi connectivity index (χ2v) is 4.58. The van der Waals surface area contributed by atoms with Gasteiger partial charge in [0, 0.05) is 13.1 Å². The van der Waals surface area contributed by atoms with Gasteiger partial charge in [-0.3, -0.25) is 0 Å². The number of anilines is 1. The molecule has 17 heavy (non-hydrogen) atoms. The Bertz CT molecular complexity index is 382. The first-order valence-corrected chi connectivity index (χ1v) is 6.36. The first-order valence-electron chi connectivity index (χ1n) is 6.36. The summed E-state index contributed by atoms with van der Waals surface area (Å²) in [4.78, 5) is 13.4. The van der Waals surface area contributed by atoms with Gasteiger partial charge in [0.15, 0.2) is 0 Å². The molecule has 2 rings (SSSR count). The largest absolute Gasteiger partial charge is 0.478 e. The van der Waals surface area contributed by atoms with Crippen LogP contribution in [0, 0.1) is 0 Å². The number of aromatic carboxylic acids is 1. The highest BCUT2D eigenvalue weighted by atomic mass is 16.4. The van der Waals surface area contributed by atoms with Crippen LogP contribution in [0.4, 0.5) is 5.69 Å². The molecule has 1 saturated heterocycles. The molecule has 0 aromatic heterocycles. The van der Waals surface area contributed by atoms with E-state index >= 15 is 0 Å². The minimum atomic E-state index is -0.831. The number of benzene rings is 1. The summed E-state index contributed by atoms with van der Waals surface area (Å²) in [7, 11) is 0. The molecule has 92 valence electrons. The number of rotatable bonds is 2. The van der Waals surface area contributed by atoms with Crippen LogP contribution < -0.4 is 4.90 Å². The normalized spacial score (nSPS) is 17.3.